The summed E-state index contributed by atoms with van der Waals surface area (Å²) in [6, 6.07) is 6.52. The first-order chi connectivity index (χ1) is 7.54. The first-order valence-electron chi connectivity index (χ1n) is 4.92. The second-order valence-electron chi connectivity index (χ2n) is 3.77. The van der Waals surface area contributed by atoms with E-state index in [2.05, 4.69) is 5.32 Å². The topological polar surface area (TPSA) is 72.2 Å². The maximum absolute atomic E-state index is 14.4. The number of benzene rings is 1. The number of halogens is 1. The Morgan fingerprint density at radius 3 is 2.81 bits per heavy atom. The van der Waals surface area contributed by atoms with E-state index in [-0.39, 0.29) is 18.4 Å². The van der Waals surface area contributed by atoms with Crippen molar-refractivity contribution in [2.24, 2.45) is 5.73 Å². The molecule has 4 nitrogen and oxygen atoms in total. The first kappa shape index (κ1) is 10.6. The average molecular weight is 222 g/mol. The van der Waals surface area contributed by atoms with Crippen molar-refractivity contribution >= 4 is 17.5 Å². The molecule has 1 unspecified atom stereocenters. The summed E-state index contributed by atoms with van der Waals surface area (Å²) in [4.78, 5) is 22.2. The summed E-state index contributed by atoms with van der Waals surface area (Å²) in [5.74, 6) is -1.34. The number of carbonyl (C=O) groups excluding carboxylic acids is 2. The van der Waals surface area contributed by atoms with Crippen molar-refractivity contribution in [1.82, 2.24) is 0 Å². The Morgan fingerprint density at radius 1 is 1.44 bits per heavy atom. The zero-order valence-corrected chi connectivity index (χ0v) is 8.50. The molecular formula is C11H11FN2O2. The van der Waals surface area contributed by atoms with Crippen LogP contribution in [-0.4, -0.2) is 11.8 Å². The summed E-state index contributed by atoms with van der Waals surface area (Å²) in [5.41, 5.74) is 3.56. The van der Waals surface area contributed by atoms with Crippen LogP contribution in [-0.2, 0) is 15.3 Å². The Morgan fingerprint density at radius 2 is 2.12 bits per heavy atom. The van der Waals surface area contributed by atoms with Gasteiger partial charge in [0.1, 0.15) is 0 Å². The molecule has 0 spiro atoms. The minimum absolute atomic E-state index is 0.155. The number of anilines is 1. The molecule has 0 fully saturated rings. The van der Waals surface area contributed by atoms with E-state index in [9.17, 15) is 14.0 Å². The van der Waals surface area contributed by atoms with Gasteiger partial charge in [0.05, 0.1) is 0 Å². The highest BCUT2D eigenvalue weighted by Gasteiger charge is 2.47. The van der Waals surface area contributed by atoms with Gasteiger partial charge in [-0.3, -0.25) is 9.59 Å². The van der Waals surface area contributed by atoms with Crippen LogP contribution in [0.25, 0.3) is 0 Å². The smallest absolute Gasteiger partial charge is 0.266 e. The molecule has 1 aliphatic rings. The molecule has 0 aliphatic carbocycles. The first-order valence-corrected chi connectivity index (χ1v) is 4.92. The summed E-state index contributed by atoms with van der Waals surface area (Å²) in [7, 11) is 0. The molecule has 0 aromatic heterocycles. The van der Waals surface area contributed by atoms with Crippen molar-refractivity contribution in [2.75, 3.05) is 5.32 Å². The van der Waals surface area contributed by atoms with E-state index in [0.29, 0.717) is 5.69 Å². The minimum Gasteiger partial charge on any atom is -0.370 e. The van der Waals surface area contributed by atoms with Crippen LogP contribution >= 0.6 is 0 Å². The van der Waals surface area contributed by atoms with Gasteiger partial charge in [0.2, 0.25) is 11.6 Å². The summed E-state index contributed by atoms with van der Waals surface area (Å²) < 4.78 is 14.4. The Balaban J connectivity index is 2.33. The molecule has 0 saturated heterocycles. The molecule has 0 saturated carbocycles. The van der Waals surface area contributed by atoms with Crippen molar-refractivity contribution in [3.8, 4) is 0 Å². The van der Waals surface area contributed by atoms with Crippen molar-refractivity contribution in [3.05, 3.63) is 29.8 Å². The average Bonchev–Trinajstić information content (AvgIpc) is 2.50. The molecule has 1 aromatic rings. The monoisotopic (exact) mass is 222 g/mol. The molecule has 0 bridgehead atoms. The van der Waals surface area contributed by atoms with Gasteiger partial charge in [0.25, 0.3) is 5.91 Å². The number of alkyl halides is 1. The van der Waals surface area contributed by atoms with Crippen molar-refractivity contribution in [2.45, 2.75) is 18.5 Å². The largest absolute Gasteiger partial charge is 0.370 e. The van der Waals surface area contributed by atoms with E-state index in [0.717, 1.165) is 0 Å². The van der Waals surface area contributed by atoms with Crippen molar-refractivity contribution < 1.29 is 14.0 Å². The van der Waals surface area contributed by atoms with E-state index in [1.807, 2.05) is 0 Å². The predicted octanol–water partition coefficient (Wildman–Crippen LogP) is 1.07. The summed E-state index contributed by atoms with van der Waals surface area (Å²) in [6.45, 7) is 0. The van der Waals surface area contributed by atoms with Crippen LogP contribution in [0.5, 0.6) is 0 Å². The number of para-hydroxylation sites is 1. The van der Waals surface area contributed by atoms with E-state index < -0.39 is 17.5 Å². The fraction of sp³-hybridized carbons (Fsp3) is 0.273. The van der Waals surface area contributed by atoms with E-state index in [1.54, 1.807) is 18.2 Å². The van der Waals surface area contributed by atoms with Gasteiger partial charge in [-0.25, -0.2) is 4.39 Å². The lowest BCUT2D eigenvalue weighted by atomic mass is 9.92. The second kappa shape index (κ2) is 3.59. The van der Waals surface area contributed by atoms with Gasteiger partial charge in [-0.15, -0.1) is 0 Å². The van der Waals surface area contributed by atoms with Gasteiger partial charge in [-0.05, 0) is 6.07 Å². The third kappa shape index (κ3) is 1.54. The zero-order valence-electron chi connectivity index (χ0n) is 8.50. The van der Waals surface area contributed by atoms with E-state index >= 15 is 0 Å². The number of hydrogen-bond acceptors (Lipinski definition) is 2. The summed E-state index contributed by atoms with van der Waals surface area (Å²) >= 11 is 0. The molecule has 2 rings (SSSR count). The third-order valence-electron chi connectivity index (χ3n) is 2.68. The fourth-order valence-electron chi connectivity index (χ4n) is 1.83. The number of rotatable bonds is 3. The highest BCUT2D eigenvalue weighted by molar-refractivity contribution is 6.05. The maximum Gasteiger partial charge on any atom is 0.266 e. The van der Waals surface area contributed by atoms with Crippen LogP contribution in [0.15, 0.2) is 24.3 Å². The summed E-state index contributed by atoms with van der Waals surface area (Å²) in [6.07, 6.45) is -0.372. The van der Waals surface area contributed by atoms with Gasteiger partial charge >= 0.3 is 0 Å². The lowest BCUT2D eigenvalue weighted by Gasteiger charge is -2.16. The zero-order chi connectivity index (χ0) is 11.8. The van der Waals surface area contributed by atoms with Gasteiger partial charge in [-0.2, -0.15) is 0 Å². The number of nitrogens with one attached hydrogen (secondary N) is 1. The Kier molecular flexibility index (Phi) is 2.38. The number of primary amides is 1. The van der Waals surface area contributed by atoms with Crippen LogP contribution in [0.2, 0.25) is 0 Å². The van der Waals surface area contributed by atoms with Crippen LogP contribution in [0.1, 0.15) is 18.4 Å². The number of hydrogen-bond donors (Lipinski definition) is 2. The number of amides is 2. The van der Waals surface area contributed by atoms with Gasteiger partial charge in [-0.1, -0.05) is 18.2 Å². The molecule has 1 atom stereocenters. The van der Waals surface area contributed by atoms with Crippen LogP contribution in [0, 0.1) is 0 Å². The highest BCUT2D eigenvalue weighted by Crippen LogP contribution is 2.41. The molecule has 5 heteroatoms. The lowest BCUT2D eigenvalue weighted by Crippen LogP contribution is -2.31. The third-order valence-corrected chi connectivity index (χ3v) is 2.68. The molecule has 84 valence electrons. The highest BCUT2D eigenvalue weighted by atomic mass is 19.1. The van der Waals surface area contributed by atoms with Crippen molar-refractivity contribution in [3.63, 3.8) is 0 Å². The molecule has 16 heavy (non-hydrogen) atoms. The Hall–Kier alpha value is -1.91. The minimum atomic E-state index is -2.13. The molecular weight excluding hydrogens is 211 g/mol. The van der Waals surface area contributed by atoms with E-state index in [4.69, 9.17) is 5.73 Å². The van der Waals surface area contributed by atoms with Crippen LogP contribution in [0.3, 0.4) is 0 Å². The standard InChI is InChI=1S/C11H11FN2O2/c12-11(6-5-9(13)15)7-3-1-2-4-8(7)14-10(11)16/h1-4H,5-6H2,(H2,13,15)(H,14,16). The summed E-state index contributed by atoms with van der Waals surface area (Å²) in [5, 5.41) is 2.45. The van der Waals surface area contributed by atoms with Gasteiger partial charge < -0.3 is 11.1 Å². The SMILES string of the molecule is NC(=O)CCC1(F)C(=O)Nc2ccccc21. The molecule has 0 radical (unpaired) electrons. The molecule has 1 aliphatic heterocycles. The Bertz CT molecular complexity index is 461. The van der Waals surface area contributed by atoms with E-state index in [1.165, 1.54) is 6.07 Å². The van der Waals surface area contributed by atoms with Crippen LogP contribution in [0.4, 0.5) is 10.1 Å². The van der Waals surface area contributed by atoms with Gasteiger partial charge in [0.15, 0.2) is 0 Å². The molecule has 1 heterocycles. The normalized spacial score (nSPS) is 22.7. The molecule has 1 aromatic carbocycles. The quantitative estimate of drug-likeness (QED) is 0.802. The van der Waals surface area contributed by atoms with Crippen molar-refractivity contribution in [1.29, 1.82) is 0 Å². The van der Waals surface area contributed by atoms with Crippen LogP contribution < -0.4 is 11.1 Å². The molecule has 2 amide bonds. The number of nitrogens with two attached hydrogens (primary N) is 1. The predicted molar refractivity (Wildman–Crippen MR) is 56.3 cm³/mol. The number of carbonyl (C=O) groups is 2. The Labute approximate surface area is 91.6 Å². The lowest BCUT2D eigenvalue weighted by molar-refractivity contribution is -0.128. The molecule has 3 N–H and O–H groups in total. The number of fused-ring (bicyclic) bond motifs is 1. The maximum atomic E-state index is 14.4. The fourth-order valence-corrected chi connectivity index (χ4v) is 1.83. The van der Waals surface area contributed by atoms with Gasteiger partial charge in [0, 0.05) is 24.1 Å². The second-order valence-corrected chi connectivity index (χ2v) is 3.77.